The zero-order valence-electron chi connectivity index (χ0n) is 22.0. The summed E-state index contributed by atoms with van der Waals surface area (Å²) in [6, 6.07) is 15.9. The highest BCUT2D eigenvalue weighted by molar-refractivity contribution is 6.05. The van der Waals surface area contributed by atoms with Crippen LogP contribution in [-0.2, 0) is 14.3 Å². The number of carbonyl (C=O) groups is 2. The molecule has 2 aromatic carbocycles. The van der Waals surface area contributed by atoms with E-state index in [0.717, 1.165) is 58.7 Å². The normalized spacial score (nSPS) is 24.0. The highest BCUT2D eigenvalue weighted by Gasteiger charge is 2.43. The van der Waals surface area contributed by atoms with Crippen molar-refractivity contribution in [3.05, 3.63) is 88.4 Å². The Morgan fingerprint density at radius 2 is 1.87 bits per heavy atom. The number of likely N-dealkylation sites (tertiary alicyclic amines) is 1. The van der Waals surface area contributed by atoms with Gasteiger partial charge in [-0.2, -0.15) is 0 Å². The molecule has 3 aromatic rings. The molecule has 38 heavy (non-hydrogen) atoms. The van der Waals surface area contributed by atoms with Gasteiger partial charge >= 0.3 is 5.97 Å². The number of hydrogen-bond acceptors (Lipinski definition) is 6. The van der Waals surface area contributed by atoms with Crippen LogP contribution in [0.2, 0.25) is 0 Å². The Morgan fingerprint density at radius 1 is 1.05 bits per heavy atom. The largest absolute Gasteiger partial charge is 0.496 e. The van der Waals surface area contributed by atoms with Crippen molar-refractivity contribution in [1.82, 2.24) is 15.2 Å². The third-order valence-electron chi connectivity index (χ3n) is 8.19. The summed E-state index contributed by atoms with van der Waals surface area (Å²) in [6.45, 7) is 3.54. The Bertz CT molecular complexity index is 1480. The monoisotopic (exact) mass is 511 g/mol. The van der Waals surface area contributed by atoms with Gasteiger partial charge < -0.3 is 24.7 Å². The van der Waals surface area contributed by atoms with Crippen molar-refractivity contribution in [3.63, 3.8) is 0 Å². The maximum atomic E-state index is 14.0. The molecule has 1 saturated heterocycles. The maximum absolute atomic E-state index is 14.0. The fraction of sp³-hybridized carbons (Fsp3) is 0.355. The molecule has 3 atom stereocenters. The fourth-order valence-electron chi connectivity index (χ4n) is 6.41. The highest BCUT2D eigenvalue weighted by atomic mass is 16.5. The van der Waals surface area contributed by atoms with E-state index in [0.29, 0.717) is 24.0 Å². The number of nitrogens with zero attached hydrogens (tertiary/aromatic N) is 1. The van der Waals surface area contributed by atoms with E-state index in [1.807, 2.05) is 68.7 Å². The van der Waals surface area contributed by atoms with Gasteiger partial charge in [0.15, 0.2) is 5.78 Å². The van der Waals surface area contributed by atoms with Crippen LogP contribution in [0.3, 0.4) is 0 Å². The SMILES string of the molecule is COc1ccccc1[C@H]1CC(=O)C2=C(C1)NC(C)=C(C(=O)O[C@@H]1CCN(C)C1)[C@H]2c1cccc2[nH]ccc12. The van der Waals surface area contributed by atoms with Gasteiger partial charge in [0.2, 0.25) is 0 Å². The number of ether oxygens (including phenoxy) is 2. The van der Waals surface area contributed by atoms with E-state index in [4.69, 9.17) is 9.47 Å². The van der Waals surface area contributed by atoms with Gasteiger partial charge in [-0.05, 0) is 56.1 Å². The summed E-state index contributed by atoms with van der Waals surface area (Å²) < 4.78 is 11.7. The summed E-state index contributed by atoms with van der Waals surface area (Å²) in [5.41, 5.74) is 5.76. The van der Waals surface area contributed by atoms with Crippen LogP contribution in [0, 0.1) is 0 Å². The van der Waals surface area contributed by atoms with Crippen LogP contribution < -0.4 is 10.1 Å². The molecule has 0 saturated carbocycles. The molecule has 1 aromatic heterocycles. The number of dihydropyridines is 1. The number of Topliss-reactive ketones (excluding diaryl/α,β-unsaturated/α-hetero) is 1. The van der Waals surface area contributed by atoms with Crippen molar-refractivity contribution in [1.29, 1.82) is 0 Å². The number of benzene rings is 2. The number of hydrogen-bond donors (Lipinski definition) is 2. The van der Waals surface area contributed by atoms with Crippen molar-refractivity contribution >= 4 is 22.7 Å². The number of carbonyl (C=O) groups excluding carboxylic acids is 2. The maximum Gasteiger partial charge on any atom is 0.337 e. The van der Waals surface area contributed by atoms with Crippen LogP contribution in [0.1, 0.15) is 49.1 Å². The van der Waals surface area contributed by atoms with Crippen molar-refractivity contribution in [2.75, 3.05) is 27.2 Å². The van der Waals surface area contributed by atoms with Crippen LogP contribution in [0.25, 0.3) is 10.9 Å². The second-order valence-corrected chi connectivity index (χ2v) is 10.6. The molecule has 0 spiro atoms. The molecule has 1 aliphatic carbocycles. The van der Waals surface area contributed by atoms with Crippen LogP contribution in [0.15, 0.2) is 77.3 Å². The van der Waals surface area contributed by atoms with Gasteiger partial charge in [0, 0.05) is 65.4 Å². The third-order valence-corrected chi connectivity index (χ3v) is 8.19. The first-order valence-corrected chi connectivity index (χ1v) is 13.3. The molecular weight excluding hydrogens is 478 g/mol. The van der Waals surface area contributed by atoms with Crippen molar-refractivity contribution < 1.29 is 19.1 Å². The smallest absolute Gasteiger partial charge is 0.337 e. The lowest BCUT2D eigenvalue weighted by Crippen LogP contribution is -2.37. The summed E-state index contributed by atoms with van der Waals surface area (Å²) in [5.74, 6) is -0.0195. The summed E-state index contributed by atoms with van der Waals surface area (Å²) in [4.78, 5) is 33.2. The standard InChI is InChI=1S/C31H33N3O4/c1-18-28(31(36)38-20-12-14-34(2)17-20)29(23-8-6-9-24-22(23)11-13-32-24)30-25(33-18)15-19(16-26(30)35)21-7-4-5-10-27(21)37-3/h4-11,13,19-20,29,32-33H,12,14-17H2,1-3H3/t19-,20-,29-/m1/s1. The first-order chi connectivity index (χ1) is 18.4. The molecule has 3 heterocycles. The number of esters is 1. The van der Waals surface area contributed by atoms with Gasteiger partial charge in [-0.1, -0.05) is 30.3 Å². The molecule has 0 unspecified atom stereocenters. The molecule has 7 heteroatoms. The van der Waals surface area contributed by atoms with Gasteiger partial charge in [0.1, 0.15) is 11.9 Å². The molecule has 0 bridgehead atoms. The number of aromatic nitrogens is 1. The summed E-state index contributed by atoms with van der Waals surface area (Å²) in [5, 5.41) is 4.48. The van der Waals surface area contributed by atoms with Crippen LogP contribution in [0.4, 0.5) is 0 Å². The molecule has 6 rings (SSSR count). The molecule has 0 radical (unpaired) electrons. The minimum Gasteiger partial charge on any atom is -0.496 e. The van der Waals surface area contributed by atoms with Gasteiger partial charge in [0.05, 0.1) is 12.7 Å². The topological polar surface area (TPSA) is 83.7 Å². The average Bonchev–Trinajstić information content (AvgIpc) is 3.56. The van der Waals surface area contributed by atoms with E-state index in [1.165, 1.54) is 0 Å². The Labute approximate surface area is 222 Å². The fourth-order valence-corrected chi connectivity index (χ4v) is 6.41. The number of fused-ring (bicyclic) bond motifs is 1. The Balaban J connectivity index is 1.44. The Hall–Kier alpha value is -3.84. The minimum atomic E-state index is -0.497. The minimum absolute atomic E-state index is 0.0103. The quantitative estimate of drug-likeness (QED) is 0.480. The van der Waals surface area contributed by atoms with Crippen LogP contribution in [0.5, 0.6) is 5.75 Å². The summed E-state index contributed by atoms with van der Waals surface area (Å²) in [7, 11) is 3.69. The number of ketones is 1. The second-order valence-electron chi connectivity index (χ2n) is 10.6. The molecule has 7 nitrogen and oxygen atoms in total. The van der Waals surface area contributed by atoms with Crippen molar-refractivity contribution in [2.24, 2.45) is 0 Å². The lowest BCUT2D eigenvalue weighted by atomic mass is 9.71. The van der Waals surface area contributed by atoms with Gasteiger partial charge in [-0.3, -0.25) is 4.79 Å². The van der Waals surface area contributed by atoms with Gasteiger partial charge in [0.25, 0.3) is 0 Å². The number of para-hydroxylation sites is 1. The number of methoxy groups -OCH3 is 1. The highest BCUT2D eigenvalue weighted by Crippen LogP contribution is 2.48. The van der Waals surface area contributed by atoms with E-state index in [2.05, 4.69) is 15.2 Å². The summed E-state index contributed by atoms with van der Waals surface area (Å²) in [6.07, 6.45) is 3.58. The number of likely N-dealkylation sites (N-methyl/N-ethyl adjacent to an activating group) is 1. The van der Waals surface area contributed by atoms with Crippen molar-refractivity contribution in [2.45, 2.75) is 44.1 Å². The molecular formula is C31H33N3O4. The molecule has 0 amide bonds. The number of nitrogens with one attached hydrogen (secondary N) is 2. The predicted octanol–water partition coefficient (Wildman–Crippen LogP) is 4.79. The number of rotatable bonds is 5. The average molecular weight is 512 g/mol. The molecule has 1 fully saturated rings. The van der Waals surface area contributed by atoms with Crippen molar-refractivity contribution in [3.8, 4) is 5.75 Å². The number of allylic oxidation sites excluding steroid dienone is 3. The Kier molecular flexibility index (Phi) is 6.32. The molecule has 2 N–H and O–H groups in total. The predicted molar refractivity (Wildman–Crippen MR) is 146 cm³/mol. The first kappa shape index (κ1) is 24.5. The molecule has 2 aliphatic heterocycles. The van der Waals surface area contributed by atoms with E-state index in [1.54, 1.807) is 7.11 Å². The lowest BCUT2D eigenvalue weighted by Gasteiger charge is -2.37. The second kappa shape index (κ2) is 9.80. The number of aromatic amines is 1. The van der Waals surface area contributed by atoms with E-state index < -0.39 is 5.92 Å². The lowest BCUT2D eigenvalue weighted by molar-refractivity contribution is -0.144. The van der Waals surface area contributed by atoms with Gasteiger partial charge in [-0.15, -0.1) is 0 Å². The van der Waals surface area contributed by atoms with E-state index in [-0.39, 0.29) is 23.8 Å². The molecule has 3 aliphatic rings. The van der Waals surface area contributed by atoms with E-state index in [9.17, 15) is 9.59 Å². The summed E-state index contributed by atoms with van der Waals surface area (Å²) >= 11 is 0. The number of H-pyrrole nitrogens is 1. The first-order valence-electron chi connectivity index (χ1n) is 13.3. The van der Waals surface area contributed by atoms with E-state index >= 15 is 0 Å². The zero-order valence-corrected chi connectivity index (χ0v) is 22.0. The van der Waals surface area contributed by atoms with Crippen LogP contribution in [-0.4, -0.2) is 55.0 Å². The van der Waals surface area contributed by atoms with Crippen LogP contribution >= 0.6 is 0 Å². The van der Waals surface area contributed by atoms with Gasteiger partial charge in [-0.25, -0.2) is 4.79 Å². The third kappa shape index (κ3) is 4.21. The Morgan fingerprint density at radius 3 is 2.66 bits per heavy atom. The molecule has 196 valence electrons. The zero-order chi connectivity index (χ0) is 26.4.